The van der Waals surface area contributed by atoms with E-state index in [2.05, 4.69) is 44.1 Å². The summed E-state index contributed by atoms with van der Waals surface area (Å²) in [6.07, 6.45) is 6.06. The summed E-state index contributed by atoms with van der Waals surface area (Å²) in [5.74, 6) is 0.794. The van der Waals surface area contributed by atoms with Crippen LogP contribution in [0.3, 0.4) is 0 Å². The fourth-order valence-corrected chi connectivity index (χ4v) is 3.19. The third-order valence-corrected chi connectivity index (χ3v) is 4.57. The lowest BCUT2D eigenvalue weighted by atomic mass is 10.1. The molecule has 0 radical (unpaired) electrons. The molecule has 2 heterocycles. The number of carbonyl (C=O) groups is 1. The van der Waals surface area contributed by atoms with Crippen LogP contribution in [-0.4, -0.2) is 47.0 Å². The minimum atomic E-state index is -0.0428. The molecule has 0 saturated carbocycles. The molecule has 1 N–H and O–H groups in total. The average molecular weight is 353 g/mol. The summed E-state index contributed by atoms with van der Waals surface area (Å²) >= 11 is 0. The van der Waals surface area contributed by atoms with Crippen molar-refractivity contribution in [1.29, 1.82) is 0 Å². The second kappa shape index (κ2) is 8.76. The normalized spacial score (nSPS) is 15.1. The number of aryl methyl sites for hydroxylation is 1. The van der Waals surface area contributed by atoms with Crippen molar-refractivity contribution in [3.8, 4) is 0 Å². The van der Waals surface area contributed by atoms with E-state index in [0.29, 0.717) is 0 Å². The smallest absolute Gasteiger partial charge is 0.225 e. The van der Waals surface area contributed by atoms with Gasteiger partial charge in [-0.3, -0.25) is 9.69 Å². The molecule has 0 spiro atoms. The third kappa shape index (κ3) is 5.02. The number of carbonyl (C=O) groups excluding carboxylic acids is 1. The molecule has 1 aromatic carbocycles. The highest BCUT2D eigenvalue weighted by Gasteiger charge is 2.19. The van der Waals surface area contributed by atoms with Crippen molar-refractivity contribution in [3.05, 3.63) is 47.8 Å². The number of rotatable bonds is 6. The molecule has 1 aliphatic rings. The number of aromatic nitrogens is 2. The predicted octanol–water partition coefficient (Wildman–Crippen LogP) is 2.71. The number of piperazine rings is 1. The number of amides is 1. The standard InChI is InChI=1S/C20H27N5O/c1-3-4-18-13-21-20(22-14-18)25-11-9-24(10-12-25)15-17-5-7-19(8-6-17)23-16(2)26/h5-8,13-14H,3-4,9-12,15H2,1-2H3,(H,23,26). The number of benzene rings is 1. The van der Waals surface area contributed by atoms with E-state index in [-0.39, 0.29) is 5.91 Å². The van der Waals surface area contributed by atoms with Crippen molar-refractivity contribution in [1.82, 2.24) is 14.9 Å². The van der Waals surface area contributed by atoms with E-state index in [1.807, 2.05) is 24.5 Å². The van der Waals surface area contributed by atoms with Crippen LogP contribution in [0.25, 0.3) is 0 Å². The topological polar surface area (TPSA) is 61.4 Å². The van der Waals surface area contributed by atoms with Gasteiger partial charge in [0.05, 0.1) is 0 Å². The molecule has 2 aromatic rings. The SMILES string of the molecule is CCCc1cnc(N2CCN(Cc3ccc(NC(C)=O)cc3)CC2)nc1. The van der Waals surface area contributed by atoms with Crippen LogP contribution in [0.15, 0.2) is 36.7 Å². The van der Waals surface area contributed by atoms with Crippen LogP contribution in [0, 0.1) is 0 Å². The highest BCUT2D eigenvalue weighted by Crippen LogP contribution is 2.15. The lowest BCUT2D eigenvalue weighted by Gasteiger charge is -2.34. The zero-order valence-corrected chi connectivity index (χ0v) is 15.6. The number of hydrogen-bond acceptors (Lipinski definition) is 5. The minimum Gasteiger partial charge on any atom is -0.338 e. The van der Waals surface area contributed by atoms with Gasteiger partial charge in [-0.25, -0.2) is 9.97 Å². The molecule has 138 valence electrons. The molecule has 0 atom stereocenters. The maximum absolute atomic E-state index is 11.1. The van der Waals surface area contributed by atoms with Crippen LogP contribution in [0.4, 0.5) is 11.6 Å². The Morgan fingerprint density at radius 2 is 1.69 bits per heavy atom. The van der Waals surface area contributed by atoms with Crippen LogP contribution in [0.5, 0.6) is 0 Å². The quantitative estimate of drug-likeness (QED) is 0.865. The van der Waals surface area contributed by atoms with Gasteiger partial charge >= 0.3 is 0 Å². The second-order valence-corrected chi connectivity index (χ2v) is 6.78. The fourth-order valence-electron chi connectivity index (χ4n) is 3.19. The summed E-state index contributed by atoms with van der Waals surface area (Å²) in [6, 6.07) is 8.07. The molecule has 0 aliphatic carbocycles. The van der Waals surface area contributed by atoms with E-state index in [1.165, 1.54) is 18.1 Å². The van der Waals surface area contributed by atoms with Crippen molar-refractivity contribution in [2.45, 2.75) is 33.2 Å². The van der Waals surface area contributed by atoms with E-state index < -0.39 is 0 Å². The molecule has 1 fully saturated rings. The maximum Gasteiger partial charge on any atom is 0.225 e. The Bertz CT molecular complexity index is 706. The Hall–Kier alpha value is -2.47. The summed E-state index contributed by atoms with van der Waals surface area (Å²) in [5.41, 5.74) is 3.31. The Labute approximate surface area is 155 Å². The predicted molar refractivity (Wildman–Crippen MR) is 104 cm³/mol. The van der Waals surface area contributed by atoms with Crippen LogP contribution in [0.1, 0.15) is 31.4 Å². The zero-order valence-electron chi connectivity index (χ0n) is 15.6. The molecule has 6 heteroatoms. The number of nitrogens with zero attached hydrogens (tertiary/aromatic N) is 4. The van der Waals surface area contributed by atoms with Crippen LogP contribution in [-0.2, 0) is 17.8 Å². The molecule has 0 bridgehead atoms. The van der Waals surface area contributed by atoms with Crippen molar-refractivity contribution in [3.63, 3.8) is 0 Å². The largest absolute Gasteiger partial charge is 0.338 e. The summed E-state index contributed by atoms with van der Waals surface area (Å²) in [7, 11) is 0. The molecule has 0 unspecified atom stereocenters. The van der Waals surface area contributed by atoms with E-state index >= 15 is 0 Å². The van der Waals surface area contributed by atoms with E-state index in [0.717, 1.165) is 57.2 Å². The average Bonchev–Trinajstić information content (AvgIpc) is 2.65. The van der Waals surface area contributed by atoms with Crippen LogP contribution in [0.2, 0.25) is 0 Å². The number of nitrogens with one attached hydrogen (secondary N) is 1. The molecule has 6 nitrogen and oxygen atoms in total. The lowest BCUT2D eigenvalue weighted by Crippen LogP contribution is -2.46. The Kier molecular flexibility index (Phi) is 6.17. The number of hydrogen-bond donors (Lipinski definition) is 1. The highest BCUT2D eigenvalue weighted by atomic mass is 16.1. The van der Waals surface area contributed by atoms with Crippen molar-refractivity contribution in [2.75, 3.05) is 36.4 Å². The fraction of sp³-hybridized carbons (Fsp3) is 0.450. The first-order valence-corrected chi connectivity index (χ1v) is 9.29. The van der Waals surface area contributed by atoms with Gasteiger partial charge in [0.2, 0.25) is 11.9 Å². The molecule has 3 rings (SSSR count). The van der Waals surface area contributed by atoms with Gasteiger partial charge < -0.3 is 10.2 Å². The summed E-state index contributed by atoms with van der Waals surface area (Å²) in [4.78, 5) is 24.8. The van der Waals surface area contributed by atoms with Gasteiger partial charge in [-0.15, -0.1) is 0 Å². The van der Waals surface area contributed by atoms with Crippen LogP contribution >= 0.6 is 0 Å². The second-order valence-electron chi connectivity index (χ2n) is 6.78. The highest BCUT2D eigenvalue weighted by molar-refractivity contribution is 5.88. The van der Waals surface area contributed by atoms with Gasteiger partial charge in [-0.05, 0) is 29.7 Å². The molecular formula is C20H27N5O. The van der Waals surface area contributed by atoms with Gasteiger partial charge in [0, 0.05) is 57.7 Å². The first kappa shape index (κ1) is 18.3. The van der Waals surface area contributed by atoms with Crippen molar-refractivity contribution >= 4 is 17.5 Å². The minimum absolute atomic E-state index is 0.0428. The molecule has 26 heavy (non-hydrogen) atoms. The molecule has 1 aromatic heterocycles. The summed E-state index contributed by atoms with van der Waals surface area (Å²) in [5, 5.41) is 2.80. The van der Waals surface area contributed by atoms with E-state index in [4.69, 9.17) is 0 Å². The molecular weight excluding hydrogens is 326 g/mol. The molecule has 1 aliphatic heterocycles. The van der Waals surface area contributed by atoms with Gasteiger partial charge in [-0.1, -0.05) is 25.5 Å². The summed E-state index contributed by atoms with van der Waals surface area (Å²) < 4.78 is 0. The zero-order chi connectivity index (χ0) is 18.4. The number of anilines is 2. The van der Waals surface area contributed by atoms with Gasteiger partial charge in [0.25, 0.3) is 0 Å². The molecule has 1 saturated heterocycles. The molecule has 1 amide bonds. The van der Waals surface area contributed by atoms with E-state index in [1.54, 1.807) is 0 Å². The van der Waals surface area contributed by atoms with Crippen LogP contribution < -0.4 is 10.2 Å². The third-order valence-electron chi connectivity index (χ3n) is 4.57. The summed E-state index contributed by atoms with van der Waals surface area (Å²) in [6.45, 7) is 8.48. The van der Waals surface area contributed by atoms with Gasteiger partial charge in [0.1, 0.15) is 0 Å². The van der Waals surface area contributed by atoms with Gasteiger partial charge in [0.15, 0.2) is 0 Å². The first-order chi connectivity index (χ1) is 12.6. The van der Waals surface area contributed by atoms with Crippen molar-refractivity contribution < 1.29 is 4.79 Å². The maximum atomic E-state index is 11.1. The van der Waals surface area contributed by atoms with Gasteiger partial charge in [-0.2, -0.15) is 0 Å². The Balaban J connectivity index is 1.49. The lowest BCUT2D eigenvalue weighted by molar-refractivity contribution is -0.114. The monoisotopic (exact) mass is 353 g/mol. The Morgan fingerprint density at radius 1 is 1.04 bits per heavy atom. The Morgan fingerprint density at radius 3 is 2.27 bits per heavy atom. The van der Waals surface area contributed by atoms with Crippen molar-refractivity contribution in [2.24, 2.45) is 0 Å². The van der Waals surface area contributed by atoms with E-state index in [9.17, 15) is 4.79 Å². The first-order valence-electron chi connectivity index (χ1n) is 9.29.